The molecule has 2 rings (SSSR count). The summed E-state index contributed by atoms with van der Waals surface area (Å²) in [6.07, 6.45) is -5.56. The molecule has 23 heavy (non-hydrogen) atoms. The topological polar surface area (TPSA) is 35.5 Å². The van der Waals surface area contributed by atoms with Crippen molar-refractivity contribution < 1.29 is 27.4 Å². The van der Waals surface area contributed by atoms with Crippen LogP contribution >= 0.6 is 0 Å². The highest BCUT2D eigenvalue weighted by molar-refractivity contribution is 5.76. The van der Waals surface area contributed by atoms with Crippen molar-refractivity contribution in [2.24, 2.45) is 0 Å². The molecule has 1 atom stereocenters. The van der Waals surface area contributed by atoms with E-state index in [0.29, 0.717) is 5.56 Å². The maximum Gasteiger partial charge on any atom is 0.416 e. The van der Waals surface area contributed by atoms with Gasteiger partial charge in [0.2, 0.25) is 0 Å². The Labute approximate surface area is 131 Å². The molecule has 0 bridgehead atoms. The number of carbonyl (C=O) groups is 1. The maximum absolute atomic E-state index is 13.0. The number of halogens is 3. The molecule has 1 unspecified atom stereocenters. The van der Waals surface area contributed by atoms with E-state index in [-0.39, 0.29) is 12.2 Å². The van der Waals surface area contributed by atoms with Crippen LogP contribution in [0.3, 0.4) is 0 Å². The van der Waals surface area contributed by atoms with Crippen LogP contribution in [0.2, 0.25) is 0 Å². The van der Waals surface area contributed by atoms with Crippen molar-refractivity contribution in [1.29, 1.82) is 0 Å². The molecular weight excluding hydrogens is 309 g/mol. The summed E-state index contributed by atoms with van der Waals surface area (Å²) >= 11 is 0. The molecule has 0 heterocycles. The van der Waals surface area contributed by atoms with E-state index in [1.807, 2.05) is 0 Å². The van der Waals surface area contributed by atoms with E-state index < -0.39 is 23.8 Å². The van der Waals surface area contributed by atoms with Crippen LogP contribution in [0.1, 0.15) is 22.8 Å². The first-order valence-corrected chi connectivity index (χ1v) is 6.83. The van der Waals surface area contributed by atoms with Crippen LogP contribution in [0.25, 0.3) is 0 Å². The van der Waals surface area contributed by atoms with Crippen molar-refractivity contribution in [2.45, 2.75) is 18.9 Å². The summed E-state index contributed by atoms with van der Waals surface area (Å²) in [5, 5.41) is 0. The zero-order valence-corrected chi connectivity index (χ0v) is 12.3. The number of hydrogen-bond acceptors (Lipinski definition) is 3. The fraction of sp³-hybridized carbons (Fsp3) is 0.235. The third-order valence-corrected chi connectivity index (χ3v) is 3.25. The summed E-state index contributed by atoms with van der Waals surface area (Å²) in [5.74, 6) is -0.666. The normalized spacial score (nSPS) is 12.7. The number of hydrogen-bond donors (Lipinski definition) is 0. The molecule has 0 aliphatic heterocycles. The zero-order chi connectivity index (χ0) is 16.9. The first-order valence-electron chi connectivity index (χ1n) is 6.83. The van der Waals surface area contributed by atoms with Crippen LogP contribution in [-0.4, -0.2) is 13.1 Å². The van der Waals surface area contributed by atoms with Crippen LogP contribution < -0.4 is 0 Å². The number of ether oxygens (including phenoxy) is 2. The van der Waals surface area contributed by atoms with Gasteiger partial charge in [-0.15, -0.1) is 0 Å². The molecule has 0 spiro atoms. The smallest absolute Gasteiger partial charge is 0.416 e. The van der Waals surface area contributed by atoms with Gasteiger partial charge in [0, 0.05) is 0 Å². The maximum atomic E-state index is 13.0. The monoisotopic (exact) mass is 324 g/mol. The van der Waals surface area contributed by atoms with Gasteiger partial charge in [0.25, 0.3) is 0 Å². The minimum Gasteiger partial charge on any atom is -0.467 e. The Bertz CT molecular complexity index is 654. The van der Waals surface area contributed by atoms with E-state index in [9.17, 15) is 18.0 Å². The summed E-state index contributed by atoms with van der Waals surface area (Å²) in [4.78, 5) is 11.8. The number of carbonyl (C=O) groups excluding carboxylic acids is 1. The quantitative estimate of drug-likeness (QED) is 0.776. The van der Waals surface area contributed by atoms with Gasteiger partial charge in [-0.2, -0.15) is 13.2 Å². The number of alkyl halides is 3. The Morgan fingerprint density at radius 2 is 1.65 bits per heavy atom. The molecule has 6 heteroatoms. The highest BCUT2D eigenvalue weighted by Crippen LogP contribution is 2.33. The third-order valence-electron chi connectivity index (χ3n) is 3.25. The third kappa shape index (κ3) is 4.32. The molecule has 0 aromatic heterocycles. The molecule has 0 saturated carbocycles. The zero-order valence-electron chi connectivity index (χ0n) is 12.3. The number of rotatable bonds is 5. The van der Waals surface area contributed by atoms with Gasteiger partial charge in [-0.05, 0) is 17.2 Å². The lowest BCUT2D eigenvalue weighted by atomic mass is 10.1. The van der Waals surface area contributed by atoms with E-state index in [4.69, 9.17) is 4.74 Å². The molecule has 3 nitrogen and oxygen atoms in total. The van der Waals surface area contributed by atoms with Gasteiger partial charge in [-0.1, -0.05) is 48.5 Å². The molecule has 0 aliphatic carbocycles. The molecular formula is C17H15F3O3. The van der Waals surface area contributed by atoms with Crippen molar-refractivity contribution in [1.82, 2.24) is 0 Å². The standard InChI is InChI=1S/C17H15F3O3/c1-22-16(21)15(12-7-3-2-4-8-12)23-11-13-9-5-6-10-14(13)17(18,19)20/h2-10,15H,11H2,1H3. The molecule has 0 N–H and O–H groups in total. The average molecular weight is 324 g/mol. The Hall–Kier alpha value is -2.34. The summed E-state index contributed by atoms with van der Waals surface area (Å²) in [6, 6.07) is 13.6. The Balaban J connectivity index is 2.22. The van der Waals surface area contributed by atoms with Crippen LogP contribution in [0, 0.1) is 0 Å². The van der Waals surface area contributed by atoms with E-state index in [1.165, 1.54) is 25.3 Å². The molecule has 0 radical (unpaired) electrons. The van der Waals surface area contributed by atoms with Gasteiger partial charge in [0.05, 0.1) is 19.3 Å². The van der Waals surface area contributed by atoms with Gasteiger partial charge in [-0.25, -0.2) is 4.79 Å². The summed E-state index contributed by atoms with van der Waals surface area (Å²) < 4.78 is 49.0. The summed E-state index contributed by atoms with van der Waals surface area (Å²) in [6.45, 7) is -0.357. The number of esters is 1. The summed E-state index contributed by atoms with van der Waals surface area (Å²) in [7, 11) is 1.20. The van der Waals surface area contributed by atoms with E-state index in [2.05, 4.69) is 4.74 Å². The van der Waals surface area contributed by atoms with Crippen molar-refractivity contribution in [2.75, 3.05) is 7.11 Å². The largest absolute Gasteiger partial charge is 0.467 e. The van der Waals surface area contributed by atoms with Crippen LogP contribution in [-0.2, 0) is 27.1 Å². The molecule has 2 aromatic rings. The fourth-order valence-corrected chi connectivity index (χ4v) is 2.13. The van der Waals surface area contributed by atoms with Crippen LogP contribution in [0.5, 0.6) is 0 Å². The van der Waals surface area contributed by atoms with Crippen LogP contribution in [0.15, 0.2) is 54.6 Å². The first-order chi connectivity index (χ1) is 10.9. The molecule has 2 aromatic carbocycles. The minimum atomic E-state index is -4.48. The second kappa shape index (κ2) is 7.28. The van der Waals surface area contributed by atoms with Crippen molar-refractivity contribution in [3.63, 3.8) is 0 Å². The van der Waals surface area contributed by atoms with E-state index >= 15 is 0 Å². The molecule has 0 aliphatic rings. The summed E-state index contributed by atoms with van der Waals surface area (Å²) in [5.41, 5.74) is -0.301. The van der Waals surface area contributed by atoms with E-state index in [0.717, 1.165) is 6.07 Å². The molecule has 122 valence electrons. The first kappa shape index (κ1) is 17.0. The Morgan fingerprint density at radius 3 is 2.26 bits per heavy atom. The van der Waals surface area contributed by atoms with Crippen LogP contribution in [0.4, 0.5) is 13.2 Å². The lowest BCUT2D eigenvalue weighted by molar-refractivity contribution is -0.156. The highest BCUT2D eigenvalue weighted by atomic mass is 19.4. The van der Waals surface area contributed by atoms with Gasteiger partial charge in [0.1, 0.15) is 0 Å². The second-order valence-electron chi connectivity index (χ2n) is 4.78. The highest BCUT2D eigenvalue weighted by Gasteiger charge is 2.33. The molecule has 0 fully saturated rings. The van der Waals surface area contributed by atoms with Crippen molar-refractivity contribution >= 4 is 5.97 Å². The van der Waals surface area contributed by atoms with Crippen molar-refractivity contribution in [3.8, 4) is 0 Å². The Morgan fingerprint density at radius 1 is 1.04 bits per heavy atom. The van der Waals surface area contributed by atoms with Gasteiger partial charge in [0.15, 0.2) is 6.10 Å². The average Bonchev–Trinajstić information content (AvgIpc) is 2.55. The lowest BCUT2D eigenvalue weighted by Gasteiger charge is -2.18. The van der Waals surface area contributed by atoms with Gasteiger partial charge in [-0.3, -0.25) is 0 Å². The minimum absolute atomic E-state index is 0.0372. The number of benzene rings is 2. The van der Waals surface area contributed by atoms with Gasteiger partial charge < -0.3 is 9.47 Å². The molecule has 0 amide bonds. The van der Waals surface area contributed by atoms with Crippen molar-refractivity contribution in [3.05, 3.63) is 71.3 Å². The lowest BCUT2D eigenvalue weighted by Crippen LogP contribution is -2.18. The predicted octanol–water partition coefficient (Wildman–Crippen LogP) is 4.14. The SMILES string of the molecule is COC(=O)C(OCc1ccccc1C(F)(F)F)c1ccccc1. The predicted molar refractivity (Wildman–Crippen MR) is 77.4 cm³/mol. The second-order valence-corrected chi connectivity index (χ2v) is 4.78. The van der Waals surface area contributed by atoms with E-state index in [1.54, 1.807) is 30.3 Å². The Kier molecular flexibility index (Phi) is 5.39. The molecule has 0 saturated heterocycles. The van der Waals surface area contributed by atoms with Gasteiger partial charge >= 0.3 is 12.1 Å². The fourth-order valence-electron chi connectivity index (χ4n) is 2.13. The number of methoxy groups -OCH3 is 1.